The second-order valence-corrected chi connectivity index (χ2v) is 9.68. The van der Waals surface area contributed by atoms with Crippen LogP contribution in [0.5, 0.6) is 5.75 Å². The van der Waals surface area contributed by atoms with E-state index < -0.39 is 0 Å². The molecular formula is C30H35N5O2. The molecule has 0 spiro atoms. The average molecular weight is 498 g/mol. The van der Waals surface area contributed by atoms with Gasteiger partial charge in [-0.15, -0.1) is 10.2 Å². The van der Waals surface area contributed by atoms with Crippen LogP contribution >= 0.6 is 0 Å². The van der Waals surface area contributed by atoms with E-state index in [9.17, 15) is 4.79 Å². The van der Waals surface area contributed by atoms with E-state index in [1.165, 1.54) is 5.56 Å². The van der Waals surface area contributed by atoms with Crippen molar-refractivity contribution in [1.82, 2.24) is 20.0 Å². The fourth-order valence-electron chi connectivity index (χ4n) is 5.16. The van der Waals surface area contributed by atoms with Gasteiger partial charge in [-0.2, -0.15) is 0 Å². The maximum atomic E-state index is 13.2. The number of nitrogens with zero attached hydrogens (tertiary/aromatic N) is 5. The van der Waals surface area contributed by atoms with Gasteiger partial charge in [0.05, 0.1) is 12.8 Å². The Morgan fingerprint density at radius 3 is 2.32 bits per heavy atom. The van der Waals surface area contributed by atoms with E-state index in [0.29, 0.717) is 5.91 Å². The number of piperazine rings is 1. The number of carbonyl (C=O) groups excluding carboxylic acids is 1. The summed E-state index contributed by atoms with van der Waals surface area (Å²) in [5.74, 6) is 2.06. The molecule has 2 aromatic carbocycles. The van der Waals surface area contributed by atoms with Gasteiger partial charge in [0.25, 0.3) is 0 Å². The molecule has 2 fully saturated rings. The Bertz CT molecular complexity index is 1180. The lowest BCUT2D eigenvalue weighted by atomic mass is 9.95. The first-order valence-corrected chi connectivity index (χ1v) is 13.2. The third-order valence-corrected chi connectivity index (χ3v) is 7.36. The zero-order chi connectivity index (χ0) is 25.5. The van der Waals surface area contributed by atoms with E-state index in [-0.39, 0.29) is 5.92 Å². The van der Waals surface area contributed by atoms with Crippen molar-refractivity contribution in [2.75, 3.05) is 57.8 Å². The van der Waals surface area contributed by atoms with Crippen molar-refractivity contribution in [1.29, 1.82) is 0 Å². The van der Waals surface area contributed by atoms with Crippen molar-refractivity contribution in [2.45, 2.75) is 12.8 Å². The highest BCUT2D eigenvalue weighted by Gasteiger charge is 2.30. The van der Waals surface area contributed by atoms with Crippen LogP contribution in [0.15, 0.2) is 72.8 Å². The standard InChI is InChI=1S/C30H35N5O2/c1-37-28-12-6-5-11-26(28)27-13-14-29(32-31-27)34-18-15-25(16-19-34)30(36)35-22-20-33(21-23-35)17-7-10-24-8-3-2-4-9-24/h2-14,25H,15-23H2,1H3/b10-7+. The first kappa shape index (κ1) is 25.0. The molecule has 0 aliphatic carbocycles. The minimum absolute atomic E-state index is 0.0987. The zero-order valence-corrected chi connectivity index (χ0v) is 21.5. The number of benzene rings is 2. The van der Waals surface area contributed by atoms with Crippen molar-refractivity contribution < 1.29 is 9.53 Å². The summed E-state index contributed by atoms with van der Waals surface area (Å²) >= 11 is 0. The number of rotatable bonds is 7. The van der Waals surface area contributed by atoms with Gasteiger partial charge in [-0.1, -0.05) is 54.6 Å². The lowest BCUT2D eigenvalue weighted by Gasteiger charge is -2.38. The Morgan fingerprint density at radius 1 is 0.892 bits per heavy atom. The first-order chi connectivity index (χ1) is 18.2. The topological polar surface area (TPSA) is 61.8 Å². The molecule has 0 bridgehead atoms. The van der Waals surface area contributed by atoms with Crippen molar-refractivity contribution in [3.8, 4) is 17.0 Å². The lowest BCUT2D eigenvalue weighted by molar-refractivity contribution is -0.137. The summed E-state index contributed by atoms with van der Waals surface area (Å²) in [7, 11) is 1.66. The minimum Gasteiger partial charge on any atom is -0.496 e. The second-order valence-electron chi connectivity index (χ2n) is 9.68. The minimum atomic E-state index is 0.0987. The molecule has 2 aliphatic heterocycles. The summed E-state index contributed by atoms with van der Waals surface area (Å²) in [4.78, 5) is 19.9. The number of methoxy groups -OCH3 is 1. The summed E-state index contributed by atoms with van der Waals surface area (Å²) in [6, 6.07) is 22.2. The summed E-state index contributed by atoms with van der Waals surface area (Å²) in [5.41, 5.74) is 2.95. The normalized spacial score (nSPS) is 17.3. The maximum Gasteiger partial charge on any atom is 0.225 e. The van der Waals surface area contributed by atoms with Gasteiger partial charge in [-0.25, -0.2) is 0 Å². The SMILES string of the molecule is COc1ccccc1-c1ccc(N2CCC(C(=O)N3CCN(C/C=C/c4ccccc4)CC3)CC2)nn1. The van der Waals surface area contributed by atoms with Crippen LogP contribution in [0.25, 0.3) is 17.3 Å². The van der Waals surface area contributed by atoms with Crippen LogP contribution in [0.1, 0.15) is 18.4 Å². The molecule has 2 saturated heterocycles. The predicted octanol–water partition coefficient (Wildman–Crippen LogP) is 4.23. The smallest absolute Gasteiger partial charge is 0.225 e. The lowest BCUT2D eigenvalue weighted by Crippen LogP contribution is -2.51. The molecule has 3 aromatic rings. The molecule has 0 N–H and O–H groups in total. The number of anilines is 1. The van der Waals surface area contributed by atoms with Crippen LogP contribution in [0.4, 0.5) is 5.82 Å². The van der Waals surface area contributed by atoms with E-state index in [2.05, 4.69) is 61.3 Å². The molecule has 0 radical (unpaired) electrons. The fraction of sp³-hybridized carbons (Fsp3) is 0.367. The number of carbonyl (C=O) groups is 1. The highest BCUT2D eigenvalue weighted by molar-refractivity contribution is 5.79. The number of amides is 1. The number of piperidine rings is 1. The van der Waals surface area contributed by atoms with Gasteiger partial charge in [0, 0.05) is 57.3 Å². The fourth-order valence-corrected chi connectivity index (χ4v) is 5.16. The molecule has 1 aromatic heterocycles. The van der Waals surface area contributed by atoms with Crippen molar-refractivity contribution in [3.63, 3.8) is 0 Å². The molecule has 0 saturated carbocycles. The monoisotopic (exact) mass is 497 g/mol. The van der Waals surface area contributed by atoms with Crippen molar-refractivity contribution in [2.24, 2.45) is 5.92 Å². The summed E-state index contributed by atoms with van der Waals surface area (Å²) in [6.07, 6.45) is 6.10. The molecule has 7 nitrogen and oxygen atoms in total. The highest BCUT2D eigenvalue weighted by Crippen LogP contribution is 2.29. The van der Waals surface area contributed by atoms with E-state index in [0.717, 1.165) is 81.5 Å². The molecule has 37 heavy (non-hydrogen) atoms. The molecule has 2 aliphatic rings. The Balaban J connectivity index is 1.08. The van der Waals surface area contributed by atoms with Gasteiger partial charge >= 0.3 is 0 Å². The Labute approximate surface area is 219 Å². The van der Waals surface area contributed by atoms with E-state index in [1.54, 1.807) is 7.11 Å². The van der Waals surface area contributed by atoms with Crippen LogP contribution < -0.4 is 9.64 Å². The van der Waals surface area contributed by atoms with Gasteiger partial charge in [0.15, 0.2) is 5.82 Å². The highest BCUT2D eigenvalue weighted by atomic mass is 16.5. The number of aromatic nitrogens is 2. The third kappa shape index (κ3) is 6.17. The van der Waals surface area contributed by atoms with Gasteiger partial charge in [-0.05, 0) is 42.7 Å². The molecule has 1 amide bonds. The van der Waals surface area contributed by atoms with Gasteiger partial charge in [0.1, 0.15) is 5.75 Å². The van der Waals surface area contributed by atoms with Crippen LogP contribution in [-0.4, -0.2) is 78.8 Å². The Kier molecular flexibility index (Phi) is 8.11. The molecule has 192 valence electrons. The van der Waals surface area contributed by atoms with Crippen LogP contribution in [0.3, 0.4) is 0 Å². The van der Waals surface area contributed by atoms with E-state index in [1.807, 2.05) is 42.5 Å². The Hall–Kier alpha value is -3.71. The molecule has 0 atom stereocenters. The van der Waals surface area contributed by atoms with Gasteiger partial charge < -0.3 is 14.5 Å². The Morgan fingerprint density at radius 2 is 1.62 bits per heavy atom. The molecular weight excluding hydrogens is 462 g/mol. The number of ether oxygens (including phenoxy) is 1. The molecule has 5 rings (SSSR count). The van der Waals surface area contributed by atoms with Gasteiger partial charge in [0.2, 0.25) is 5.91 Å². The zero-order valence-electron chi connectivity index (χ0n) is 21.5. The quantitative estimate of drug-likeness (QED) is 0.487. The maximum absolute atomic E-state index is 13.2. The van der Waals surface area contributed by atoms with E-state index in [4.69, 9.17) is 4.74 Å². The number of hydrogen-bond donors (Lipinski definition) is 0. The predicted molar refractivity (Wildman–Crippen MR) is 147 cm³/mol. The van der Waals surface area contributed by atoms with Crippen LogP contribution in [0.2, 0.25) is 0 Å². The number of hydrogen-bond acceptors (Lipinski definition) is 6. The number of para-hydroxylation sites is 1. The van der Waals surface area contributed by atoms with Crippen molar-refractivity contribution in [3.05, 3.63) is 78.4 Å². The summed E-state index contributed by atoms with van der Waals surface area (Å²) in [5, 5.41) is 8.93. The van der Waals surface area contributed by atoms with Crippen molar-refractivity contribution >= 4 is 17.8 Å². The van der Waals surface area contributed by atoms with Crippen LogP contribution in [-0.2, 0) is 4.79 Å². The largest absolute Gasteiger partial charge is 0.496 e. The molecule has 7 heteroatoms. The second kappa shape index (κ2) is 12.0. The molecule has 3 heterocycles. The molecule has 0 unspecified atom stereocenters. The van der Waals surface area contributed by atoms with Crippen LogP contribution in [0, 0.1) is 5.92 Å². The average Bonchev–Trinajstić information content (AvgIpc) is 2.98. The van der Waals surface area contributed by atoms with Gasteiger partial charge in [-0.3, -0.25) is 9.69 Å². The summed E-state index contributed by atoms with van der Waals surface area (Å²) in [6.45, 7) is 6.05. The van der Waals surface area contributed by atoms with E-state index >= 15 is 0 Å². The third-order valence-electron chi connectivity index (χ3n) is 7.36. The first-order valence-electron chi connectivity index (χ1n) is 13.2. The summed E-state index contributed by atoms with van der Waals surface area (Å²) < 4.78 is 5.45.